The number of halogens is 1. The van der Waals surface area contributed by atoms with E-state index in [2.05, 4.69) is 20.8 Å². The van der Waals surface area contributed by atoms with Crippen molar-refractivity contribution in [1.29, 1.82) is 0 Å². The van der Waals surface area contributed by atoms with Crippen LogP contribution in [0, 0.1) is 0 Å². The predicted octanol–water partition coefficient (Wildman–Crippen LogP) is 1.23. The monoisotopic (exact) mass is 184 g/mol. The van der Waals surface area contributed by atoms with Crippen molar-refractivity contribution in [1.82, 2.24) is 0 Å². The van der Waals surface area contributed by atoms with Gasteiger partial charge in [0.1, 0.15) is 0 Å². The van der Waals surface area contributed by atoms with E-state index in [1.165, 1.54) is 7.11 Å². The molecular weight excluding hydrogens is 176 g/mol. The summed E-state index contributed by atoms with van der Waals surface area (Å²) >= 11 is 3.08. The van der Waals surface area contributed by atoms with Gasteiger partial charge in [-0.3, -0.25) is 0 Å². The molecule has 4 heteroatoms. The minimum absolute atomic E-state index is 0.438. The summed E-state index contributed by atoms with van der Waals surface area (Å²) in [4.78, 5) is 3.97. The van der Waals surface area contributed by atoms with Gasteiger partial charge >= 0.3 is 0 Å². The molecule has 1 N–H and O–H groups in total. The van der Waals surface area contributed by atoms with Crippen molar-refractivity contribution >= 4 is 15.9 Å². The molecule has 1 atom stereocenters. The fraction of sp³-hybridized carbons (Fsp3) is 1.00. The molecule has 0 saturated heterocycles. The first kappa shape index (κ1) is 8.36. The Morgan fingerprint density at radius 1 is 1.75 bits per heavy atom. The fourth-order valence-corrected chi connectivity index (χ4v) is 0.448. The Hall–Kier alpha value is 0.360. The highest BCUT2D eigenvalue weighted by Gasteiger charge is 2.22. The van der Waals surface area contributed by atoms with Crippen LogP contribution in [0.4, 0.5) is 0 Å². The molecule has 1 unspecified atom stereocenters. The Bertz CT molecular complexity index is 54.0. The van der Waals surface area contributed by atoms with Gasteiger partial charge in [-0.05, 0) is 6.92 Å². The Balaban J connectivity index is 3.58. The van der Waals surface area contributed by atoms with E-state index in [0.717, 1.165) is 0 Å². The average Bonchev–Trinajstić information content (AvgIpc) is 1.87. The first-order valence-electron chi connectivity index (χ1n) is 2.12. The van der Waals surface area contributed by atoms with Gasteiger partial charge in [-0.15, -0.1) is 0 Å². The lowest BCUT2D eigenvalue weighted by atomic mass is 10.4. The maximum Gasteiger partial charge on any atom is 0.207 e. The molecule has 0 aromatic rings. The van der Waals surface area contributed by atoms with Crippen LogP contribution in [0.5, 0.6) is 0 Å². The first-order valence-corrected chi connectivity index (χ1v) is 3.24. The third-order valence-electron chi connectivity index (χ3n) is 0.868. The third-order valence-corrected chi connectivity index (χ3v) is 1.89. The molecule has 0 saturated carbocycles. The van der Waals surface area contributed by atoms with Crippen LogP contribution in [-0.4, -0.2) is 23.5 Å². The quantitative estimate of drug-likeness (QED) is 0.311. The van der Waals surface area contributed by atoms with E-state index < -0.39 is 5.79 Å². The molecule has 0 aromatic carbocycles. The summed E-state index contributed by atoms with van der Waals surface area (Å²) in [6.45, 7) is 1.61. The molecule has 0 spiro atoms. The summed E-state index contributed by atoms with van der Waals surface area (Å²) in [5.74, 6) is -0.903. The smallest absolute Gasteiger partial charge is 0.207 e. The summed E-state index contributed by atoms with van der Waals surface area (Å²) in [5.41, 5.74) is 0. The lowest BCUT2D eigenvalue weighted by Crippen LogP contribution is -2.31. The number of rotatable bonds is 3. The average molecular weight is 185 g/mol. The molecule has 0 rings (SSSR count). The first-order chi connectivity index (χ1) is 3.68. The Morgan fingerprint density at radius 2 is 2.25 bits per heavy atom. The van der Waals surface area contributed by atoms with Crippen molar-refractivity contribution in [2.45, 2.75) is 12.7 Å². The van der Waals surface area contributed by atoms with Gasteiger partial charge in [-0.25, -0.2) is 10.1 Å². The molecule has 0 radical (unpaired) electrons. The van der Waals surface area contributed by atoms with Crippen LogP contribution in [-0.2, 0) is 9.62 Å². The van der Waals surface area contributed by atoms with E-state index in [1.807, 2.05) is 0 Å². The van der Waals surface area contributed by atoms with E-state index in [4.69, 9.17) is 9.99 Å². The molecule has 0 heterocycles. The number of hydrogen-bond donors (Lipinski definition) is 1. The van der Waals surface area contributed by atoms with E-state index in [9.17, 15) is 0 Å². The molecule has 50 valence electrons. The Labute approximate surface area is 56.7 Å². The van der Waals surface area contributed by atoms with Crippen LogP contribution in [0.3, 0.4) is 0 Å². The molecule has 0 amide bonds. The molecule has 8 heavy (non-hydrogen) atoms. The second kappa shape index (κ2) is 3.40. The summed E-state index contributed by atoms with van der Waals surface area (Å²) < 4.78 is 4.72. The van der Waals surface area contributed by atoms with E-state index in [-0.39, 0.29) is 0 Å². The van der Waals surface area contributed by atoms with Gasteiger partial charge in [0.25, 0.3) is 0 Å². The SMILES string of the molecule is COC(C)(CBr)OO. The van der Waals surface area contributed by atoms with Crippen molar-refractivity contribution < 1.29 is 14.9 Å². The topological polar surface area (TPSA) is 38.7 Å². The zero-order valence-corrected chi connectivity index (χ0v) is 6.43. The molecular formula is C4H9BrO3. The molecule has 0 bridgehead atoms. The van der Waals surface area contributed by atoms with Crippen molar-refractivity contribution in [3.63, 3.8) is 0 Å². The van der Waals surface area contributed by atoms with Gasteiger partial charge in [-0.1, -0.05) is 15.9 Å². The zero-order valence-electron chi connectivity index (χ0n) is 4.85. The molecule has 3 nitrogen and oxygen atoms in total. The zero-order chi connectivity index (χ0) is 6.62. The summed E-state index contributed by atoms with van der Waals surface area (Å²) in [5, 5.41) is 8.57. The van der Waals surface area contributed by atoms with Gasteiger partial charge < -0.3 is 4.74 Å². The van der Waals surface area contributed by atoms with E-state index in [0.29, 0.717) is 5.33 Å². The van der Waals surface area contributed by atoms with Crippen molar-refractivity contribution in [3.8, 4) is 0 Å². The predicted molar refractivity (Wildman–Crippen MR) is 32.9 cm³/mol. The van der Waals surface area contributed by atoms with Crippen LogP contribution in [0.15, 0.2) is 0 Å². The van der Waals surface area contributed by atoms with Crippen LogP contribution in [0.25, 0.3) is 0 Å². The summed E-state index contributed by atoms with van der Waals surface area (Å²) in [6, 6.07) is 0. The molecule has 0 aliphatic heterocycles. The number of ether oxygens (including phenoxy) is 1. The van der Waals surface area contributed by atoms with Gasteiger partial charge in [0.2, 0.25) is 5.79 Å². The standard InChI is InChI=1S/C4H9BrO3/c1-4(3-5,7-2)8-6/h6H,3H2,1-2H3. The fourth-order valence-electron chi connectivity index (χ4n) is 0.116. The van der Waals surface area contributed by atoms with Gasteiger partial charge in [0.05, 0.1) is 5.33 Å². The Morgan fingerprint density at radius 3 is 2.25 bits per heavy atom. The molecule has 0 fully saturated rings. The molecule has 0 aliphatic carbocycles. The lowest BCUT2D eigenvalue weighted by molar-refractivity contribution is -0.382. The highest BCUT2D eigenvalue weighted by atomic mass is 79.9. The summed E-state index contributed by atoms with van der Waals surface area (Å²) in [7, 11) is 1.46. The highest BCUT2D eigenvalue weighted by molar-refractivity contribution is 9.09. The maximum atomic E-state index is 8.13. The van der Waals surface area contributed by atoms with E-state index in [1.54, 1.807) is 6.92 Å². The number of alkyl halides is 1. The minimum Gasteiger partial charge on any atom is -0.350 e. The van der Waals surface area contributed by atoms with Gasteiger partial charge in [0.15, 0.2) is 0 Å². The van der Waals surface area contributed by atoms with E-state index >= 15 is 0 Å². The highest BCUT2D eigenvalue weighted by Crippen LogP contribution is 2.11. The Kier molecular flexibility index (Phi) is 3.55. The normalized spacial score (nSPS) is 18.0. The van der Waals surface area contributed by atoms with Crippen molar-refractivity contribution in [2.24, 2.45) is 0 Å². The number of hydrogen-bond acceptors (Lipinski definition) is 3. The molecule has 0 aromatic heterocycles. The van der Waals surface area contributed by atoms with Crippen LogP contribution >= 0.6 is 15.9 Å². The van der Waals surface area contributed by atoms with Gasteiger partial charge in [-0.2, -0.15) is 0 Å². The van der Waals surface area contributed by atoms with Crippen LogP contribution < -0.4 is 0 Å². The van der Waals surface area contributed by atoms with Crippen molar-refractivity contribution in [2.75, 3.05) is 12.4 Å². The van der Waals surface area contributed by atoms with Gasteiger partial charge in [0, 0.05) is 7.11 Å². The largest absolute Gasteiger partial charge is 0.350 e. The maximum absolute atomic E-state index is 8.13. The van der Waals surface area contributed by atoms with Crippen LogP contribution in [0.1, 0.15) is 6.92 Å². The second-order valence-corrected chi connectivity index (χ2v) is 2.12. The number of methoxy groups -OCH3 is 1. The molecule has 0 aliphatic rings. The lowest BCUT2D eigenvalue weighted by Gasteiger charge is -2.20. The second-order valence-electron chi connectivity index (χ2n) is 1.56. The third kappa shape index (κ3) is 2.09. The van der Waals surface area contributed by atoms with Crippen LogP contribution in [0.2, 0.25) is 0 Å². The summed E-state index contributed by atoms with van der Waals surface area (Å²) in [6.07, 6.45) is 0. The minimum atomic E-state index is -0.903. The van der Waals surface area contributed by atoms with Crippen molar-refractivity contribution in [3.05, 3.63) is 0 Å².